The smallest absolute Gasteiger partial charge is 0.382 e. The van der Waals surface area contributed by atoms with Crippen molar-refractivity contribution in [1.82, 2.24) is 9.97 Å². The van der Waals surface area contributed by atoms with Crippen molar-refractivity contribution in [3.8, 4) is 0 Å². The summed E-state index contributed by atoms with van der Waals surface area (Å²) in [5.41, 5.74) is 0. The number of nitrogens with zero attached hydrogens (tertiary/aromatic N) is 2. The Labute approximate surface area is 115 Å². The molecule has 0 radical (unpaired) electrons. The monoisotopic (exact) mass is 311 g/mol. The Balaban J connectivity index is 2.25. The molecule has 0 fully saturated rings. The summed E-state index contributed by atoms with van der Waals surface area (Å²) in [5.74, 6) is 0.183. The van der Waals surface area contributed by atoms with Crippen LogP contribution < -0.4 is 5.32 Å². The highest BCUT2D eigenvalue weighted by molar-refractivity contribution is 7.18. The van der Waals surface area contributed by atoms with E-state index in [2.05, 4.69) is 15.3 Å². The van der Waals surface area contributed by atoms with Crippen LogP contribution in [0.1, 0.15) is 4.88 Å². The summed E-state index contributed by atoms with van der Waals surface area (Å²) in [6, 6.07) is 1.75. The summed E-state index contributed by atoms with van der Waals surface area (Å²) in [6.07, 6.45) is -7.14. The molecule has 2 heterocycles. The molecule has 2 aromatic rings. The predicted octanol–water partition coefficient (Wildman–Crippen LogP) is 2.99. The van der Waals surface area contributed by atoms with E-state index in [1.165, 1.54) is 11.3 Å². The Morgan fingerprint density at radius 1 is 1.47 bits per heavy atom. The molecule has 0 aliphatic carbocycles. The van der Waals surface area contributed by atoms with E-state index in [1.807, 2.05) is 6.92 Å². The second-order valence-corrected chi connectivity index (χ2v) is 5.43. The van der Waals surface area contributed by atoms with Gasteiger partial charge in [-0.25, -0.2) is 9.97 Å². The zero-order valence-electron chi connectivity index (χ0n) is 9.62. The second-order valence-electron chi connectivity index (χ2n) is 3.86. The molecule has 4 nitrogen and oxygen atoms in total. The molecule has 2 aromatic heterocycles. The van der Waals surface area contributed by atoms with Gasteiger partial charge < -0.3 is 10.4 Å². The molecule has 0 saturated carbocycles. The number of anilines is 1. The standard InChI is InChI=1S/C10H9ClF3N3OS/c1-4-2-5-7(15-3-6(18)10(12,13)14)16-9(11)17-8(5)19-4/h2,6,18H,3H2,1H3,(H,15,16,17). The van der Waals surface area contributed by atoms with E-state index < -0.39 is 18.8 Å². The van der Waals surface area contributed by atoms with Crippen LogP contribution in [-0.2, 0) is 0 Å². The lowest BCUT2D eigenvalue weighted by Gasteiger charge is -2.15. The number of aliphatic hydroxyl groups excluding tert-OH is 1. The molecule has 0 aromatic carbocycles. The van der Waals surface area contributed by atoms with Crippen LogP contribution in [0.5, 0.6) is 0 Å². The highest BCUT2D eigenvalue weighted by atomic mass is 35.5. The Kier molecular flexibility index (Phi) is 3.84. The third-order valence-corrected chi connectivity index (χ3v) is 3.44. The number of aryl methyl sites for hydroxylation is 1. The van der Waals surface area contributed by atoms with Crippen molar-refractivity contribution in [2.75, 3.05) is 11.9 Å². The molecule has 0 spiro atoms. The lowest BCUT2D eigenvalue weighted by Crippen LogP contribution is -2.35. The zero-order chi connectivity index (χ0) is 14.2. The molecule has 0 aliphatic rings. The number of hydrogen-bond acceptors (Lipinski definition) is 5. The number of aliphatic hydroxyl groups is 1. The molecule has 1 atom stereocenters. The van der Waals surface area contributed by atoms with Crippen LogP contribution in [-0.4, -0.2) is 33.9 Å². The summed E-state index contributed by atoms with van der Waals surface area (Å²) in [5, 5.41) is 11.9. The number of nitrogens with one attached hydrogen (secondary N) is 1. The van der Waals surface area contributed by atoms with Gasteiger partial charge >= 0.3 is 6.18 Å². The van der Waals surface area contributed by atoms with Gasteiger partial charge in [0.15, 0.2) is 6.10 Å². The molecule has 19 heavy (non-hydrogen) atoms. The Hall–Kier alpha value is -1.12. The molecule has 2 rings (SSSR count). The maximum absolute atomic E-state index is 12.2. The number of rotatable bonds is 3. The summed E-state index contributed by atoms with van der Waals surface area (Å²) in [7, 11) is 0. The predicted molar refractivity (Wildman–Crippen MR) is 67.7 cm³/mol. The van der Waals surface area contributed by atoms with Crippen molar-refractivity contribution in [3.05, 3.63) is 16.2 Å². The van der Waals surface area contributed by atoms with Crippen molar-refractivity contribution < 1.29 is 18.3 Å². The topological polar surface area (TPSA) is 58.0 Å². The van der Waals surface area contributed by atoms with Crippen molar-refractivity contribution in [1.29, 1.82) is 0 Å². The maximum atomic E-state index is 12.2. The fourth-order valence-corrected chi connectivity index (χ4v) is 2.56. The Morgan fingerprint density at radius 2 is 2.16 bits per heavy atom. The molecule has 1 unspecified atom stereocenters. The second kappa shape index (κ2) is 5.10. The molecule has 0 amide bonds. The molecular formula is C10H9ClF3N3OS. The van der Waals surface area contributed by atoms with Crippen molar-refractivity contribution in [2.45, 2.75) is 19.2 Å². The van der Waals surface area contributed by atoms with Crippen LogP contribution in [0.25, 0.3) is 10.2 Å². The van der Waals surface area contributed by atoms with Gasteiger partial charge in [-0.3, -0.25) is 0 Å². The van der Waals surface area contributed by atoms with Crippen LogP contribution >= 0.6 is 22.9 Å². The van der Waals surface area contributed by atoms with Gasteiger partial charge in [0.05, 0.1) is 11.9 Å². The number of aromatic nitrogens is 2. The number of thiophene rings is 1. The third kappa shape index (κ3) is 3.26. The van der Waals surface area contributed by atoms with Crippen LogP contribution in [0, 0.1) is 6.92 Å². The highest BCUT2D eigenvalue weighted by Crippen LogP contribution is 2.30. The van der Waals surface area contributed by atoms with E-state index in [0.717, 1.165) is 4.88 Å². The fraction of sp³-hybridized carbons (Fsp3) is 0.400. The maximum Gasteiger partial charge on any atom is 0.416 e. The number of fused-ring (bicyclic) bond motifs is 1. The van der Waals surface area contributed by atoms with E-state index in [-0.39, 0.29) is 11.1 Å². The van der Waals surface area contributed by atoms with Gasteiger partial charge in [0, 0.05) is 4.88 Å². The van der Waals surface area contributed by atoms with Crippen LogP contribution in [0.3, 0.4) is 0 Å². The molecule has 9 heteroatoms. The normalized spacial score (nSPS) is 13.8. The first kappa shape index (κ1) is 14.3. The first-order valence-corrected chi connectivity index (χ1v) is 6.39. The summed E-state index contributed by atoms with van der Waals surface area (Å²) < 4.78 is 36.6. The van der Waals surface area contributed by atoms with Crippen molar-refractivity contribution in [2.24, 2.45) is 0 Å². The SMILES string of the molecule is Cc1cc2c(NCC(O)C(F)(F)F)nc(Cl)nc2s1. The third-order valence-electron chi connectivity index (χ3n) is 2.33. The van der Waals surface area contributed by atoms with E-state index in [0.29, 0.717) is 10.2 Å². The molecule has 0 saturated heterocycles. The average molecular weight is 312 g/mol. The van der Waals surface area contributed by atoms with Gasteiger partial charge in [0.2, 0.25) is 5.28 Å². The van der Waals surface area contributed by atoms with Crippen LogP contribution in [0.4, 0.5) is 19.0 Å². The average Bonchev–Trinajstić information content (AvgIpc) is 2.64. The molecule has 0 aliphatic heterocycles. The number of hydrogen-bond donors (Lipinski definition) is 2. The van der Waals surface area contributed by atoms with Gasteiger partial charge in [0.1, 0.15) is 10.6 Å². The van der Waals surface area contributed by atoms with Gasteiger partial charge in [-0.15, -0.1) is 11.3 Å². The molecule has 104 valence electrons. The van der Waals surface area contributed by atoms with Crippen molar-refractivity contribution >= 4 is 39.0 Å². The highest BCUT2D eigenvalue weighted by Gasteiger charge is 2.38. The molecule has 2 N–H and O–H groups in total. The van der Waals surface area contributed by atoms with Gasteiger partial charge in [-0.05, 0) is 24.6 Å². The van der Waals surface area contributed by atoms with Gasteiger partial charge in [-0.1, -0.05) is 0 Å². The van der Waals surface area contributed by atoms with E-state index in [9.17, 15) is 13.2 Å². The van der Waals surface area contributed by atoms with E-state index in [1.54, 1.807) is 6.07 Å². The van der Waals surface area contributed by atoms with Gasteiger partial charge in [-0.2, -0.15) is 13.2 Å². The van der Waals surface area contributed by atoms with Gasteiger partial charge in [0.25, 0.3) is 0 Å². The first-order valence-electron chi connectivity index (χ1n) is 5.19. The lowest BCUT2D eigenvalue weighted by molar-refractivity contribution is -0.198. The minimum Gasteiger partial charge on any atom is -0.382 e. The quantitative estimate of drug-likeness (QED) is 0.856. The minimum atomic E-state index is -4.67. The fourth-order valence-electron chi connectivity index (χ4n) is 1.46. The Bertz CT molecular complexity index is 601. The van der Waals surface area contributed by atoms with Crippen LogP contribution in [0.15, 0.2) is 6.07 Å². The molecular weight excluding hydrogens is 303 g/mol. The van der Waals surface area contributed by atoms with E-state index >= 15 is 0 Å². The Morgan fingerprint density at radius 3 is 2.79 bits per heavy atom. The minimum absolute atomic E-state index is 0.0571. The zero-order valence-corrected chi connectivity index (χ0v) is 11.2. The molecule has 0 bridgehead atoms. The number of halogens is 4. The van der Waals surface area contributed by atoms with Crippen LogP contribution in [0.2, 0.25) is 5.28 Å². The summed E-state index contributed by atoms with van der Waals surface area (Å²) in [4.78, 5) is 9.34. The first-order chi connectivity index (χ1) is 8.77. The number of alkyl halides is 3. The van der Waals surface area contributed by atoms with E-state index in [4.69, 9.17) is 16.7 Å². The lowest BCUT2D eigenvalue weighted by atomic mass is 10.3. The van der Waals surface area contributed by atoms with Crippen molar-refractivity contribution in [3.63, 3.8) is 0 Å². The summed E-state index contributed by atoms with van der Waals surface area (Å²) >= 11 is 7.06. The summed E-state index contributed by atoms with van der Waals surface area (Å²) in [6.45, 7) is 1.15. The largest absolute Gasteiger partial charge is 0.416 e.